The van der Waals surface area contributed by atoms with Crippen molar-refractivity contribution in [1.82, 2.24) is 9.78 Å². The number of benzene rings is 1. The fraction of sp³-hybridized carbons (Fsp3) is 0.214. The molecule has 0 saturated carbocycles. The average molecular weight is 226 g/mol. The van der Waals surface area contributed by atoms with Crippen LogP contribution in [0.5, 0.6) is 5.75 Å². The number of nitrogens with zero attached hydrogens (tertiary/aromatic N) is 2. The summed E-state index contributed by atoms with van der Waals surface area (Å²) in [5, 5.41) is 4.12. The summed E-state index contributed by atoms with van der Waals surface area (Å²) in [7, 11) is 0. The molecule has 0 N–H and O–H groups in total. The third-order valence-corrected chi connectivity index (χ3v) is 2.25. The monoisotopic (exact) mass is 226 g/mol. The van der Waals surface area contributed by atoms with E-state index in [1.54, 1.807) is 6.20 Å². The fourth-order valence-electron chi connectivity index (χ4n) is 1.37. The van der Waals surface area contributed by atoms with E-state index in [-0.39, 0.29) is 0 Å². The highest BCUT2D eigenvalue weighted by atomic mass is 16.5. The standard InChI is InChI=1S/C14H14N2O/c1-2-16-12-14(11-15-16)17-10-6-9-13-7-4-3-5-8-13/h3-5,7-8,11-12H,2,10H2,1H3. The molecule has 0 bridgehead atoms. The number of hydrogen-bond acceptors (Lipinski definition) is 2. The minimum Gasteiger partial charge on any atom is -0.478 e. The van der Waals surface area contributed by atoms with E-state index in [1.807, 2.05) is 48.1 Å². The molecular weight excluding hydrogens is 212 g/mol. The van der Waals surface area contributed by atoms with E-state index in [2.05, 4.69) is 16.9 Å². The van der Waals surface area contributed by atoms with Crippen molar-refractivity contribution in [1.29, 1.82) is 0 Å². The van der Waals surface area contributed by atoms with E-state index in [0.717, 1.165) is 17.9 Å². The summed E-state index contributed by atoms with van der Waals surface area (Å²) in [6.07, 6.45) is 3.57. The molecule has 0 fully saturated rings. The summed E-state index contributed by atoms with van der Waals surface area (Å²) in [6.45, 7) is 3.26. The van der Waals surface area contributed by atoms with Crippen LogP contribution >= 0.6 is 0 Å². The van der Waals surface area contributed by atoms with Crippen molar-refractivity contribution >= 4 is 0 Å². The molecular formula is C14H14N2O. The zero-order valence-electron chi connectivity index (χ0n) is 9.76. The van der Waals surface area contributed by atoms with Gasteiger partial charge in [0.05, 0.1) is 12.4 Å². The average Bonchev–Trinajstić information content (AvgIpc) is 2.84. The molecule has 3 heteroatoms. The molecule has 2 aromatic rings. The molecule has 0 spiro atoms. The van der Waals surface area contributed by atoms with Gasteiger partial charge in [0, 0.05) is 12.1 Å². The molecule has 17 heavy (non-hydrogen) atoms. The number of aryl methyl sites for hydroxylation is 1. The van der Waals surface area contributed by atoms with Crippen molar-refractivity contribution in [3.05, 3.63) is 48.3 Å². The van der Waals surface area contributed by atoms with Gasteiger partial charge in [-0.2, -0.15) is 5.10 Å². The number of aromatic nitrogens is 2. The maximum Gasteiger partial charge on any atom is 0.158 e. The fourth-order valence-corrected chi connectivity index (χ4v) is 1.37. The van der Waals surface area contributed by atoms with Gasteiger partial charge in [0.15, 0.2) is 5.75 Å². The van der Waals surface area contributed by atoms with E-state index >= 15 is 0 Å². The zero-order chi connectivity index (χ0) is 11.9. The van der Waals surface area contributed by atoms with Gasteiger partial charge in [-0.1, -0.05) is 30.0 Å². The Morgan fingerprint density at radius 1 is 1.29 bits per heavy atom. The van der Waals surface area contributed by atoms with Crippen molar-refractivity contribution in [3.8, 4) is 17.6 Å². The molecule has 2 rings (SSSR count). The minimum atomic E-state index is 0.379. The second-order valence-electron chi connectivity index (χ2n) is 3.49. The lowest BCUT2D eigenvalue weighted by Crippen LogP contribution is -1.94. The highest BCUT2D eigenvalue weighted by molar-refractivity contribution is 5.33. The van der Waals surface area contributed by atoms with Crippen LogP contribution in [-0.4, -0.2) is 16.4 Å². The second-order valence-corrected chi connectivity index (χ2v) is 3.49. The molecule has 86 valence electrons. The first-order valence-electron chi connectivity index (χ1n) is 5.57. The van der Waals surface area contributed by atoms with Crippen molar-refractivity contribution in [2.24, 2.45) is 0 Å². The van der Waals surface area contributed by atoms with Crippen LogP contribution in [0.1, 0.15) is 12.5 Å². The molecule has 1 aromatic carbocycles. The van der Waals surface area contributed by atoms with Gasteiger partial charge in [-0.15, -0.1) is 0 Å². The third kappa shape index (κ3) is 3.39. The minimum absolute atomic E-state index is 0.379. The topological polar surface area (TPSA) is 27.1 Å². The van der Waals surface area contributed by atoms with Crippen LogP contribution in [0.2, 0.25) is 0 Å². The normalized spacial score (nSPS) is 9.47. The van der Waals surface area contributed by atoms with Crippen LogP contribution in [0.25, 0.3) is 0 Å². The summed E-state index contributed by atoms with van der Waals surface area (Å²) in [5.74, 6) is 6.76. The van der Waals surface area contributed by atoms with E-state index in [9.17, 15) is 0 Å². The van der Waals surface area contributed by atoms with E-state index in [0.29, 0.717) is 6.61 Å². The van der Waals surface area contributed by atoms with Crippen LogP contribution in [0.15, 0.2) is 42.7 Å². The van der Waals surface area contributed by atoms with Gasteiger partial charge in [0.2, 0.25) is 0 Å². The van der Waals surface area contributed by atoms with Gasteiger partial charge in [-0.3, -0.25) is 4.68 Å². The lowest BCUT2D eigenvalue weighted by Gasteiger charge is -1.95. The summed E-state index contributed by atoms with van der Waals surface area (Å²) in [5.41, 5.74) is 1.00. The third-order valence-electron chi connectivity index (χ3n) is 2.25. The Morgan fingerprint density at radius 2 is 2.12 bits per heavy atom. The van der Waals surface area contributed by atoms with Gasteiger partial charge in [0.25, 0.3) is 0 Å². The molecule has 0 atom stereocenters. The van der Waals surface area contributed by atoms with Crippen molar-refractivity contribution in [2.45, 2.75) is 13.5 Å². The van der Waals surface area contributed by atoms with Gasteiger partial charge < -0.3 is 4.74 Å². The lowest BCUT2D eigenvalue weighted by atomic mass is 10.2. The highest BCUT2D eigenvalue weighted by Gasteiger charge is 1.95. The van der Waals surface area contributed by atoms with Crippen molar-refractivity contribution < 1.29 is 4.74 Å². The zero-order valence-corrected chi connectivity index (χ0v) is 9.76. The van der Waals surface area contributed by atoms with E-state index in [4.69, 9.17) is 4.74 Å². The first-order valence-corrected chi connectivity index (χ1v) is 5.57. The Kier molecular flexibility index (Phi) is 3.82. The molecule has 0 aliphatic rings. The SMILES string of the molecule is CCn1cc(OCC#Cc2ccccc2)cn1. The summed E-state index contributed by atoms with van der Waals surface area (Å²) in [4.78, 5) is 0. The summed E-state index contributed by atoms with van der Waals surface area (Å²) >= 11 is 0. The Balaban J connectivity index is 1.86. The Labute approximate surface area is 101 Å². The number of rotatable bonds is 3. The highest BCUT2D eigenvalue weighted by Crippen LogP contribution is 2.07. The molecule has 0 aliphatic heterocycles. The predicted octanol–water partition coefficient (Wildman–Crippen LogP) is 2.33. The second kappa shape index (κ2) is 5.76. The van der Waals surface area contributed by atoms with Gasteiger partial charge >= 0.3 is 0 Å². The van der Waals surface area contributed by atoms with Crippen LogP contribution < -0.4 is 4.74 Å². The van der Waals surface area contributed by atoms with Crippen molar-refractivity contribution in [2.75, 3.05) is 6.61 Å². The largest absolute Gasteiger partial charge is 0.478 e. The molecule has 0 saturated heterocycles. The first-order chi connectivity index (χ1) is 8.38. The summed E-state index contributed by atoms with van der Waals surface area (Å²) in [6, 6.07) is 9.86. The smallest absolute Gasteiger partial charge is 0.158 e. The molecule has 3 nitrogen and oxygen atoms in total. The maximum atomic E-state index is 5.45. The van der Waals surface area contributed by atoms with E-state index in [1.165, 1.54) is 0 Å². The van der Waals surface area contributed by atoms with Crippen molar-refractivity contribution in [3.63, 3.8) is 0 Å². The maximum absolute atomic E-state index is 5.45. The Hall–Kier alpha value is -2.21. The van der Waals surface area contributed by atoms with Crippen LogP contribution in [0.3, 0.4) is 0 Å². The number of ether oxygens (including phenoxy) is 1. The molecule has 1 aromatic heterocycles. The number of hydrogen-bond donors (Lipinski definition) is 0. The Morgan fingerprint density at radius 3 is 2.82 bits per heavy atom. The van der Waals surface area contributed by atoms with Crippen LogP contribution in [0, 0.1) is 11.8 Å². The Bertz CT molecular complexity index is 520. The quantitative estimate of drug-likeness (QED) is 0.751. The van der Waals surface area contributed by atoms with Gasteiger partial charge in [-0.05, 0) is 19.1 Å². The summed E-state index contributed by atoms with van der Waals surface area (Å²) < 4.78 is 7.27. The molecule has 0 radical (unpaired) electrons. The molecule has 0 aliphatic carbocycles. The van der Waals surface area contributed by atoms with Gasteiger partial charge in [0.1, 0.15) is 6.61 Å². The van der Waals surface area contributed by atoms with Crippen LogP contribution in [0.4, 0.5) is 0 Å². The first kappa shape index (κ1) is 11.3. The predicted molar refractivity (Wildman–Crippen MR) is 66.7 cm³/mol. The van der Waals surface area contributed by atoms with Gasteiger partial charge in [-0.25, -0.2) is 0 Å². The molecule has 1 heterocycles. The van der Waals surface area contributed by atoms with Crippen LogP contribution in [-0.2, 0) is 6.54 Å². The molecule has 0 amide bonds. The molecule has 0 unspecified atom stereocenters. The lowest BCUT2D eigenvalue weighted by molar-refractivity contribution is 0.369. The van der Waals surface area contributed by atoms with E-state index < -0.39 is 0 Å².